The van der Waals surface area contributed by atoms with E-state index in [4.69, 9.17) is 24.7 Å². The number of carbonyl (C=O) groups excluding carboxylic acids is 1. The lowest BCUT2D eigenvalue weighted by molar-refractivity contribution is -0.138. The van der Waals surface area contributed by atoms with Gasteiger partial charge in [-0.15, -0.1) is 0 Å². The zero-order chi connectivity index (χ0) is 18.8. The lowest BCUT2D eigenvalue weighted by Gasteiger charge is -2.08. The second-order valence-corrected chi connectivity index (χ2v) is 5.11. The number of esters is 1. The fourth-order valence-corrected chi connectivity index (χ4v) is 2.06. The number of methoxy groups -OCH3 is 1. The number of hydrogen-bond donors (Lipinski definition) is 0. The summed E-state index contributed by atoms with van der Waals surface area (Å²) in [5.74, 6) is 0.432. The molecule has 0 aromatic heterocycles. The highest BCUT2D eigenvalue weighted by Crippen LogP contribution is 2.28. The Morgan fingerprint density at radius 3 is 2.54 bits per heavy atom. The van der Waals surface area contributed by atoms with Gasteiger partial charge < -0.3 is 14.2 Å². The third kappa shape index (κ3) is 5.40. The molecule has 0 bridgehead atoms. The first-order valence-corrected chi connectivity index (χ1v) is 7.68. The van der Waals surface area contributed by atoms with Crippen LogP contribution in [-0.2, 0) is 16.1 Å². The van der Waals surface area contributed by atoms with Crippen molar-refractivity contribution in [3.8, 4) is 23.6 Å². The Morgan fingerprint density at radius 2 is 1.88 bits per heavy atom. The minimum atomic E-state index is -0.488. The zero-order valence-corrected chi connectivity index (χ0v) is 14.1. The van der Waals surface area contributed by atoms with Crippen LogP contribution in [-0.4, -0.2) is 19.7 Å². The lowest BCUT2D eigenvalue weighted by Crippen LogP contribution is -2.00. The molecule has 0 aliphatic rings. The van der Waals surface area contributed by atoms with Crippen molar-refractivity contribution in [2.45, 2.75) is 6.61 Å². The highest BCUT2D eigenvalue weighted by molar-refractivity contribution is 5.87. The van der Waals surface area contributed by atoms with E-state index in [9.17, 15) is 4.79 Å². The summed E-state index contributed by atoms with van der Waals surface area (Å²) in [7, 11) is 1.49. The molecule has 0 radical (unpaired) electrons. The average molecular weight is 348 g/mol. The molecule has 0 aliphatic carbocycles. The monoisotopic (exact) mass is 348 g/mol. The van der Waals surface area contributed by atoms with Crippen molar-refractivity contribution < 1.29 is 19.0 Å². The molecule has 0 amide bonds. The fraction of sp³-hybridized carbons (Fsp3) is 0.150. The molecule has 2 aromatic carbocycles. The van der Waals surface area contributed by atoms with E-state index in [1.807, 2.05) is 12.1 Å². The summed E-state index contributed by atoms with van der Waals surface area (Å²) in [6.07, 6.45) is 2.91. The number of nitrogens with zero attached hydrogens (tertiary/aromatic N) is 2. The van der Waals surface area contributed by atoms with Crippen LogP contribution in [0.15, 0.2) is 48.5 Å². The van der Waals surface area contributed by atoms with Gasteiger partial charge in [0.1, 0.15) is 12.7 Å². The van der Waals surface area contributed by atoms with E-state index in [0.717, 1.165) is 11.1 Å². The van der Waals surface area contributed by atoms with E-state index in [1.54, 1.807) is 48.5 Å². The van der Waals surface area contributed by atoms with E-state index in [0.29, 0.717) is 17.1 Å². The molecule has 0 saturated carbocycles. The summed E-state index contributed by atoms with van der Waals surface area (Å²) in [6, 6.07) is 15.8. The third-order valence-corrected chi connectivity index (χ3v) is 3.36. The van der Waals surface area contributed by atoms with Gasteiger partial charge in [0.05, 0.1) is 18.7 Å². The van der Waals surface area contributed by atoms with E-state index < -0.39 is 5.97 Å². The minimum Gasteiger partial charge on any atom is -0.493 e. The molecule has 0 saturated heterocycles. The van der Waals surface area contributed by atoms with Crippen LogP contribution in [0.4, 0.5) is 0 Å². The molecule has 0 fully saturated rings. The normalized spacial score (nSPS) is 9.96. The largest absolute Gasteiger partial charge is 0.493 e. The van der Waals surface area contributed by atoms with Crippen LogP contribution >= 0.6 is 0 Å². The summed E-state index contributed by atoms with van der Waals surface area (Å²) >= 11 is 0. The minimum absolute atomic E-state index is 0.0762. The molecule has 26 heavy (non-hydrogen) atoms. The maximum atomic E-state index is 11.8. The summed E-state index contributed by atoms with van der Waals surface area (Å²) < 4.78 is 15.6. The standard InChI is InChI=1S/C20H16N2O4/c1-24-19-12-15(6-8-18(19)25-11-10-21)7-9-20(23)26-14-17-4-2-16(13-22)3-5-17/h2-9,12H,11,14H2,1H3/b9-7+. The summed E-state index contributed by atoms with van der Waals surface area (Å²) in [5.41, 5.74) is 2.07. The van der Waals surface area contributed by atoms with Crippen molar-refractivity contribution in [1.29, 1.82) is 10.5 Å². The molecular formula is C20H16N2O4. The first-order valence-electron chi connectivity index (χ1n) is 7.68. The van der Waals surface area contributed by atoms with Gasteiger partial charge in [0.2, 0.25) is 0 Å². The van der Waals surface area contributed by atoms with Gasteiger partial charge in [0.25, 0.3) is 0 Å². The van der Waals surface area contributed by atoms with Gasteiger partial charge >= 0.3 is 5.97 Å². The number of hydrogen-bond acceptors (Lipinski definition) is 6. The van der Waals surface area contributed by atoms with Crippen molar-refractivity contribution in [2.24, 2.45) is 0 Å². The highest BCUT2D eigenvalue weighted by atomic mass is 16.5. The molecule has 6 heteroatoms. The lowest BCUT2D eigenvalue weighted by atomic mass is 10.1. The third-order valence-electron chi connectivity index (χ3n) is 3.36. The van der Waals surface area contributed by atoms with Crippen LogP contribution in [0, 0.1) is 22.7 Å². The molecule has 0 aliphatic heterocycles. The van der Waals surface area contributed by atoms with Crippen LogP contribution in [0.1, 0.15) is 16.7 Å². The van der Waals surface area contributed by atoms with Gasteiger partial charge in [-0.1, -0.05) is 18.2 Å². The maximum Gasteiger partial charge on any atom is 0.331 e. The number of benzene rings is 2. The summed E-state index contributed by atoms with van der Waals surface area (Å²) in [4.78, 5) is 11.8. The van der Waals surface area contributed by atoms with Crippen LogP contribution in [0.3, 0.4) is 0 Å². The van der Waals surface area contributed by atoms with Crippen LogP contribution in [0.5, 0.6) is 11.5 Å². The Labute approximate surface area is 151 Å². The molecule has 0 N–H and O–H groups in total. The van der Waals surface area contributed by atoms with E-state index >= 15 is 0 Å². The van der Waals surface area contributed by atoms with Gasteiger partial charge in [-0.3, -0.25) is 0 Å². The quantitative estimate of drug-likeness (QED) is 0.563. The summed E-state index contributed by atoms with van der Waals surface area (Å²) in [5, 5.41) is 17.3. The first kappa shape index (κ1) is 18.6. The molecule has 6 nitrogen and oxygen atoms in total. The molecular weight excluding hydrogens is 332 g/mol. The molecule has 0 spiro atoms. The second kappa shape index (κ2) is 9.51. The number of carbonyl (C=O) groups is 1. The molecule has 0 atom stereocenters. The van der Waals surface area contributed by atoms with Gasteiger partial charge in [-0.25, -0.2) is 4.79 Å². The van der Waals surface area contributed by atoms with Crippen molar-refractivity contribution in [3.05, 3.63) is 65.2 Å². The van der Waals surface area contributed by atoms with E-state index in [2.05, 4.69) is 0 Å². The molecule has 130 valence electrons. The fourth-order valence-electron chi connectivity index (χ4n) is 2.06. The zero-order valence-electron chi connectivity index (χ0n) is 14.1. The Kier molecular flexibility index (Phi) is 6.79. The molecule has 2 rings (SSSR count). The molecule has 0 unspecified atom stereocenters. The Hall–Kier alpha value is -3.77. The summed E-state index contributed by atoms with van der Waals surface area (Å²) in [6.45, 7) is 0.0480. The van der Waals surface area contributed by atoms with Gasteiger partial charge in [-0.05, 0) is 41.5 Å². The maximum absolute atomic E-state index is 11.8. The Balaban J connectivity index is 1.94. The second-order valence-electron chi connectivity index (χ2n) is 5.11. The van der Waals surface area contributed by atoms with Gasteiger partial charge in [0, 0.05) is 6.08 Å². The van der Waals surface area contributed by atoms with Crippen LogP contribution in [0.25, 0.3) is 6.08 Å². The van der Waals surface area contributed by atoms with Crippen LogP contribution < -0.4 is 9.47 Å². The number of ether oxygens (including phenoxy) is 3. The predicted octanol–water partition coefficient (Wildman–Crippen LogP) is 3.23. The first-order chi connectivity index (χ1) is 12.7. The average Bonchev–Trinajstić information content (AvgIpc) is 2.69. The van der Waals surface area contributed by atoms with Gasteiger partial charge in [-0.2, -0.15) is 10.5 Å². The van der Waals surface area contributed by atoms with Crippen molar-refractivity contribution >= 4 is 12.0 Å². The van der Waals surface area contributed by atoms with Crippen molar-refractivity contribution in [3.63, 3.8) is 0 Å². The van der Waals surface area contributed by atoms with E-state index in [-0.39, 0.29) is 13.2 Å². The SMILES string of the molecule is COc1cc(/C=C/C(=O)OCc2ccc(C#N)cc2)ccc1OCC#N. The van der Waals surface area contributed by atoms with Crippen molar-refractivity contribution in [1.82, 2.24) is 0 Å². The highest BCUT2D eigenvalue weighted by Gasteiger charge is 2.05. The Morgan fingerprint density at radius 1 is 1.12 bits per heavy atom. The smallest absolute Gasteiger partial charge is 0.331 e. The van der Waals surface area contributed by atoms with Crippen molar-refractivity contribution in [2.75, 3.05) is 13.7 Å². The Bertz CT molecular complexity index is 874. The van der Waals surface area contributed by atoms with Crippen LogP contribution in [0.2, 0.25) is 0 Å². The molecule has 2 aromatic rings. The van der Waals surface area contributed by atoms with E-state index in [1.165, 1.54) is 13.2 Å². The predicted molar refractivity (Wildman–Crippen MR) is 94.1 cm³/mol. The van der Waals surface area contributed by atoms with Gasteiger partial charge in [0.15, 0.2) is 18.1 Å². The topological polar surface area (TPSA) is 92.3 Å². The number of nitriles is 2. The molecule has 0 heterocycles. The number of rotatable bonds is 7.